The molecule has 1 saturated heterocycles. The van der Waals surface area contributed by atoms with Crippen LogP contribution in [0, 0.1) is 0 Å². The van der Waals surface area contributed by atoms with Crippen molar-refractivity contribution in [2.24, 2.45) is 0 Å². The molecule has 1 fully saturated rings. The molecular formula is C16H17NO5. The number of esters is 1. The second-order valence-corrected chi connectivity index (χ2v) is 5.18. The number of rotatable bonds is 5. The second-order valence-electron chi connectivity index (χ2n) is 5.18. The van der Waals surface area contributed by atoms with Gasteiger partial charge in [-0.3, -0.25) is 19.3 Å². The molecule has 0 spiro atoms. The highest BCUT2D eigenvalue weighted by Gasteiger charge is 2.41. The molecule has 1 atom stereocenters. The highest BCUT2D eigenvalue weighted by atomic mass is 16.5. The number of hydrogen-bond acceptors (Lipinski definition) is 5. The van der Waals surface area contributed by atoms with E-state index >= 15 is 0 Å². The zero-order chi connectivity index (χ0) is 16.1. The average Bonchev–Trinajstić information content (AvgIpc) is 2.87. The summed E-state index contributed by atoms with van der Waals surface area (Å²) >= 11 is 0. The minimum Gasteiger partial charge on any atom is -0.459 e. The molecule has 22 heavy (non-hydrogen) atoms. The number of ether oxygens (including phenoxy) is 1. The Morgan fingerprint density at radius 3 is 2.55 bits per heavy atom. The Kier molecular flexibility index (Phi) is 5.04. The summed E-state index contributed by atoms with van der Waals surface area (Å²) in [5.74, 6) is -2.04. The van der Waals surface area contributed by atoms with Crippen molar-refractivity contribution in [3.8, 4) is 0 Å². The molecule has 6 heteroatoms. The Morgan fingerprint density at radius 2 is 1.91 bits per heavy atom. The van der Waals surface area contributed by atoms with E-state index in [1.165, 1.54) is 6.92 Å². The van der Waals surface area contributed by atoms with Crippen LogP contribution in [0.1, 0.15) is 31.7 Å². The Morgan fingerprint density at radius 1 is 1.23 bits per heavy atom. The van der Waals surface area contributed by atoms with Crippen LogP contribution in [-0.2, 0) is 30.5 Å². The monoisotopic (exact) mass is 303 g/mol. The average molecular weight is 303 g/mol. The van der Waals surface area contributed by atoms with E-state index in [1.807, 2.05) is 30.3 Å². The Balaban J connectivity index is 1.99. The predicted molar refractivity (Wildman–Crippen MR) is 76.4 cm³/mol. The first-order valence-corrected chi connectivity index (χ1v) is 7.04. The first-order chi connectivity index (χ1) is 10.5. The van der Waals surface area contributed by atoms with Gasteiger partial charge in [-0.2, -0.15) is 0 Å². The van der Waals surface area contributed by atoms with E-state index in [9.17, 15) is 19.2 Å². The van der Waals surface area contributed by atoms with Gasteiger partial charge in [-0.1, -0.05) is 30.3 Å². The number of carbonyl (C=O) groups is 4. The maximum Gasteiger partial charge on any atom is 0.329 e. The molecular weight excluding hydrogens is 286 g/mol. The fourth-order valence-electron chi connectivity index (χ4n) is 2.34. The largest absolute Gasteiger partial charge is 0.459 e. The maximum absolute atomic E-state index is 12.1. The molecule has 6 nitrogen and oxygen atoms in total. The lowest BCUT2D eigenvalue weighted by molar-refractivity contribution is -0.158. The molecule has 116 valence electrons. The molecule has 0 radical (unpaired) electrons. The number of amides is 2. The molecule has 2 amide bonds. The van der Waals surface area contributed by atoms with Crippen molar-refractivity contribution in [3.05, 3.63) is 35.9 Å². The van der Waals surface area contributed by atoms with Crippen molar-refractivity contribution in [1.82, 2.24) is 4.90 Å². The summed E-state index contributed by atoms with van der Waals surface area (Å²) < 4.78 is 5.18. The first-order valence-electron chi connectivity index (χ1n) is 7.04. The van der Waals surface area contributed by atoms with Gasteiger partial charge in [0.1, 0.15) is 18.4 Å². The number of benzene rings is 1. The number of hydrogen-bond donors (Lipinski definition) is 0. The van der Waals surface area contributed by atoms with E-state index < -0.39 is 23.8 Å². The predicted octanol–water partition coefficient (Wildman–Crippen LogP) is 1.23. The van der Waals surface area contributed by atoms with Gasteiger partial charge in [-0.15, -0.1) is 0 Å². The normalized spacial score (nSPS) is 17.4. The summed E-state index contributed by atoms with van der Waals surface area (Å²) in [5, 5.41) is 0. The molecule has 0 aliphatic carbocycles. The van der Waals surface area contributed by atoms with Crippen molar-refractivity contribution >= 4 is 23.6 Å². The number of likely N-dealkylation sites (tertiary alicyclic amines) is 1. The number of Topliss-reactive ketones (excluding diaryl/α,β-unsaturated/α-hetero) is 1. The van der Waals surface area contributed by atoms with Gasteiger partial charge < -0.3 is 4.74 Å². The van der Waals surface area contributed by atoms with E-state index in [-0.39, 0.29) is 31.7 Å². The van der Waals surface area contributed by atoms with Crippen molar-refractivity contribution < 1.29 is 23.9 Å². The molecule has 1 aromatic rings. The topological polar surface area (TPSA) is 80.8 Å². The van der Waals surface area contributed by atoms with Crippen LogP contribution >= 0.6 is 0 Å². The Labute approximate surface area is 128 Å². The zero-order valence-electron chi connectivity index (χ0n) is 12.3. The standard InChI is InChI=1S/C16H17NO5/c1-11(18)9-15(20)17-13(7-8-14(17)19)16(21)22-10-12-5-3-2-4-6-12/h2-6,13H,7-10H2,1H3. The highest BCUT2D eigenvalue weighted by molar-refractivity contribution is 6.07. The number of ketones is 1. The fourth-order valence-corrected chi connectivity index (χ4v) is 2.34. The van der Waals surface area contributed by atoms with Crippen molar-refractivity contribution in [2.75, 3.05) is 0 Å². The second kappa shape index (κ2) is 6.98. The smallest absolute Gasteiger partial charge is 0.329 e. The third kappa shape index (κ3) is 3.78. The van der Waals surface area contributed by atoms with Crippen LogP contribution in [-0.4, -0.2) is 34.5 Å². The third-order valence-electron chi connectivity index (χ3n) is 3.38. The summed E-state index contributed by atoms with van der Waals surface area (Å²) in [6.07, 6.45) is -0.0426. The summed E-state index contributed by atoms with van der Waals surface area (Å²) in [7, 11) is 0. The molecule has 0 aromatic heterocycles. The lowest BCUT2D eigenvalue weighted by atomic mass is 10.2. The quantitative estimate of drug-likeness (QED) is 0.603. The van der Waals surface area contributed by atoms with Crippen molar-refractivity contribution in [3.63, 3.8) is 0 Å². The lowest BCUT2D eigenvalue weighted by Crippen LogP contribution is -2.44. The number of imide groups is 1. The van der Waals surface area contributed by atoms with Crippen LogP contribution in [0.15, 0.2) is 30.3 Å². The van der Waals surface area contributed by atoms with E-state index in [1.54, 1.807) is 0 Å². The highest BCUT2D eigenvalue weighted by Crippen LogP contribution is 2.21. The first kappa shape index (κ1) is 15.9. The summed E-state index contributed by atoms with van der Waals surface area (Å²) in [4.78, 5) is 47.7. The number of carbonyl (C=O) groups excluding carboxylic acids is 4. The molecule has 1 aliphatic rings. The molecule has 0 N–H and O–H groups in total. The molecule has 1 unspecified atom stereocenters. The van der Waals surface area contributed by atoms with Crippen LogP contribution in [0.2, 0.25) is 0 Å². The van der Waals surface area contributed by atoms with Crippen LogP contribution < -0.4 is 0 Å². The van der Waals surface area contributed by atoms with E-state index in [0.29, 0.717) is 0 Å². The van der Waals surface area contributed by atoms with Gasteiger partial charge in [0.05, 0.1) is 6.42 Å². The minimum absolute atomic E-state index is 0.0824. The van der Waals surface area contributed by atoms with Gasteiger partial charge in [-0.25, -0.2) is 4.79 Å². The van der Waals surface area contributed by atoms with Gasteiger partial charge in [0, 0.05) is 6.42 Å². The van der Waals surface area contributed by atoms with E-state index in [2.05, 4.69) is 0 Å². The van der Waals surface area contributed by atoms with Crippen molar-refractivity contribution in [1.29, 1.82) is 0 Å². The Bertz CT molecular complexity index is 596. The van der Waals surface area contributed by atoms with Gasteiger partial charge >= 0.3 is 5.97 Å². The number of nitrogens with zero attached hydrogens (tertiary/aromatic N) is 1. The molecule has 1 heterocycles. The van der Waals surface area contributed by atoms with Crippen LogP contribution in [0.5, 0.6) is 0 Å². The van der Waals surface area contributed by atoms with E-state index in [0.717, 1.165) is 10.5 Å². The summed E-state index contributed by atoms with van der Waals surface area (Å²) in [6.45, 7) is 1.35. The van der Waals surface area contributed by atoms with Crippen LogP contribution in [0.4, 0.5) is 0 Å². The lowest BCUT2D eigenvalue weighted by Gasteiger charge is -2.21. The SMILES string of the molecule is CC(=O)CC(=O)N1C(=O)CCC1C(=O)OCc1ccccc1. The molecule has 0 saturated carbocycles. The van der Waals surface area contributed by atoms with Crippen LogP contribution in [0.3, 0.4) is 0 Å². The third-order valence-corrected chi connectivity index (χ3v) is 3.38. The Hall–Kier alpha value is -2.50. The molecule has 2 rings (SSSR count). The van der Waals surface area contributed by atoms with E-state index in [4.69, 9.17) is 4.74 Å². The van der Waals surface area contributed by atoms with Gasteiger partial charge in [0.25, 0.3) is 0 Å². The maximum atomic E-state index is 12.1. The summed E-state index contributed by atoms with van der Waals surface area (Å²) in [6, 6.07) is 8.19. The molecule has 1 aliphatic heterocycles. The van der Waals surface area contributed by atoms with Gasteiger partial charge in [-0.05, 0) is 18.9 Å². The fraction of sp³-hybridized carbons (Fsp3) is 0.375. The molecule has 1 aromatic carbocycles. The van der Waals surface area contributed by atoms with Gasteiger partial charge in [0.15, 0.2) is 0 Å². The van der Waals surface area contributed by atoms with Crippen LogP contribution in [0.25, 0.3) is 0 Å². The molecule has 0 bridgehead atoms. The van der Waals surface area contributed by atoms with Gasteiger partial charge in [0.2, 0.25) is 11.8 Å². The van der Waals surface area contributed by atoms with Crippen molar-refractivity contribution in [2.45, 2.75) is 38.8 Å². The zero-order valence-corrected chi connectivity index (χ0v) is 12.3. The summed E-state index contributed by atoms with van der Waals surface area (Å²) in [5.41, 5.74) is 0.821. The minimum atomic E-state index is -0.928.